The predicted molar refractivity (Wildman–Crippen MR) is 74.5 cm³/mol. The van der Waals surface area contributed by atoms with Gasteiger partial charge in [0.2, 0.25) is 0 Å². The number of benzene rings is 1. The van der Waals surface area contributed by atoms with E-state index in [1.54, 1.807) is 12.4 Å². The first kappa shape index (κ1) is 12.9. The van der Waals surface area contributed by atoms with Crippen molar-refractivity contribution in [2.24, 2.45) is 16.5 Å². The Hall–Kier alpha value is -2.56. The van der Waals surface area contributed by atoms with Crippen LogP contribution in [-0.2, 0) is 13.2 Å². The molecule has 2 rings (SSSR count). The minimum atomic E-state index is 0.0944. The molecule has 0 saturated carbocycles. The van der Waals surface area contributed by atoms with Crippen LogP contribution < -0.4 is 16.2 Å². The van der Waals surface area contributed by atoms with Gasteiger partial charge in [0.15, 0.2) is 5.96 Å². The number of ether oxygens (including phenoxy) is 1. The summed E-state index contributed by atoms with van der Waals surface area (Å²) in [4.78, 5) is 7.97. The summed E-state index contributed by atoms with van der Waals surface area (Å²) in [5.74, 6) is 0.897. The van der Waals surface area contributed by atoms with Gasteiger partial charge >= 0.3 is 0 Å². The zero-order valence-electron chi connectivity index (χ0n) is 10.5. The third kappa shape index (κ3) is 4.31. The fourth-order valence-corrected chi connectivity index (χ4v) is 1.52. The number of hydrogen-bond donors (Lipinski definition) is 2. The highest BCUT2D eigenvalue weighted by Gasteiger charge is 1.97. The number of pyridine rings is 1. The van der Waals surface area contributed by atoms with E-state index in [4.69, 9.17) is 16.2 Å². The summed E-state index contributed by atoms with van der Waals surface area (Å²) in [6, 6.07) is 11.5. The Labute approximate surface area is 111 Å². The summed E-state index contributed by atoms with van der Waals surface area (Å²) in [6.45, 7) is 0.978. The molecule has 0 unspecified atom stereocenters. The van der Waals surface area contributed by atoms with Gasteiger partial charge in [-0.25, -0.2) is 4.99 Å². The predicted octanol–water partition coefficient (Wildman–Crippen LogP) is 1.43. The van der Waals surface area contributed by atoms with Gasteiger partial charge in [0.25, 0.3) is 0 Å². The molecular formula is C14H16N4O. The first-order chi connectivity index (χ1) is 9.24. The lowest BCUT2D eigenvalue weighted by Crippen LogP contribution is -2.22. The fraction of sp³-hybridized carbons (Fsp3) is 0.143. The Balaban J connectivity index is 1.90. The van der Waals surface area contributed by atoms with Crippen LogP contribution in [0.15, 0.2) is 53.8 Å². The van der Waals surface area contributed by atoms with Gasteiger partial charge in [-0.05, 0) is 23.8 Å². The lowest BCUT2D eigenvalue weighted by Gasteiger charge is -2.06. The van der Waals surface area contributed by atoms with Crippen LogP contribution in [0.25, 0.3) is 0 Å². The van der Waals surface area contributed by atoms with Crippen molar-refractivity contribution in [1.29, 1.82) is 0 Å². The molecule has 98 valence electrons. The number of guanidine groups is 1. The Bertz CT molecular complexity index is 533. The SMILES string of the molecule is NC(N)=NCc1ccc(OCc2cccnc2)cc1. The Morgan fingerprint density at radius 3 is 2.53 bits per heavy atom. The number of rotatable bonds is 5. The highest BCUT2D eigenvalue weighted by Crippen LogP contribution is 2.14. The van der Waals surface area contributed by atoms with E-state index in [0.29, 0.717) is 13.2 Å². The molecule has 19 heavy (non-hydrogen) atoms. The number of hydrogen-bond acceptors (Lipinski definition) is 3. The van der Waals surface area contributed by atoms with Crippen LogP contribution in [0.3, 0.4) is 0 Å². The summed E-state index contributed by atoms with van der Waals surface area (Å²) < 4.78 is 5.65. The zero-order chi connectivity index (χ0) is 13.5. The minimum absolute atomic E-state index is 0.0944. The molecule has 2 aromatic rings. The third-order valence-electron chi connectivity index (χ3n) is 2.50. The summed E-state index contributed by atoms with van der Waals surface area (Å²) in [7, 11) is 0. The Morgan fingerprint density at radius 2 is 1.89 bits per heavy atom. The molecule has 0 aliphatic rings. The molecule has 1 heterocycles. The minimum Gasteiger partial charge on any atom is -0.489 e. The van der Waals surface area contributed by atoms with Crippen LogP contribution >= 0.6 is 0 Å². The van der Waals surface area contributed by atoms with E-state index in [2.05, 4.69) is 9.98 Å². The van der Waals surface area contributed by atoms with E-state index in [-0.39, 0.29) is 5.96 Å². The lowest BCUT2D eigenvalue weighted by molar-refractivity contribution is 0.305. The molecule has 0 aliphatic heterocycles. The summed E-state index contributed by atoms with van der Waals surface area (Å²) >= 11 is 0. The Kier molecular flexibility index (Phi) is 4.34. The van der Waals surface area contributed by atoms with Crippen molar-refractivity contribution in [3.63, 3.8) is 0 Å². The number of nitrogens with zero attached hydrogens (tertiary/aromatic N) is 2. The standard InChI is InChI=1S/C14H16N4O/c15-14(16)18-9-11-3-5-13(6-4-11)19-10-12-2-1-7-17-8-12/h1-8H,9-10H2,(H4,15,16,18). The molecule has 0 spiro atoms. The second-order valence-electron chi connectivity index (χ2n) is 4.03. The van der Waals surface area contributed by atoms with E-state index in [1.165, 1.54) is 0 Å². The van der Waals surface area contributed by atoms with Gasteiger partial charge in [0.05, 0.1) is 6.54 Å². The maximum atomic E-state index is 5.65. The first-order valence-corrected chi connectivity index (χ1v) is 5.90. The van der Waals surface area contributed by atoms with Gasteiger partial charge in [0.1, 0.15) is 12.4 Å². The van der Waals surface area contributed by atoms with Crippen LogP contribution in [0, 0.1) is 0 Å². The molecule has 0 aliphatic carbocycles. The van der Waals surface area contributed by atoms with E-state index >= 15 is 0 Å². The van der Waals surface area contributed by atoms with Crippen LogP contribution in [0.2, 0.25) is 0 Å². The van der Waals surface area contributed by atoms with Crippen molar-refractivity contribution in [2.75, 3.05) is 0 Å². The molecule has 0 saturated heterocycles. The molecule has 1 aromatic heterocycles. The second-order valence-corrected chi connectivity index (χ2v) is 4.03. The molecule has 0 fully saturated rings. The van der Waals surface area contributed by atoms with Gasteiger partial charge in [-0.1, -0.05) is 18.2 Å². The van der Waals surface area contributed by atoms with Crippen LogP contribution in [-0.4, -0.2) is 10.9 Å². The quantitative estimate of drug-likeness (QED) is 0.626. The Morgan fingerprint density at radius 1 is 1.11 bits per heavy atom. The topological polar surface area (TPSA) is 86.5 Å². The van der Waals surface area contributed by atoms with Gasteiger partial charge in [-0.2, -0.15) is 0 Å². The van der Waals surface area contributed by atoms with Crippen LogP contribution in [0.5, 0.6) is 5.75 Å². The van der Waals surface area contributed by atoms with Crippen LogP contribution in [0.1, 0.15) is 11.1 Å². The smallest absolute Gasteiger partial charge is 0.186 e. The molecule has 5 nitrogen and oxygen atoms in total. The average molecular weight is 256 g/mol. The van der Waals surface area contributed by atoms with Gasteiger partial charge in [0, 0.05) is 18.0 Å². The summed E-state index contributed by atoms with van der Waals surface area (Å²) in [6.07, 6.45) is 3.52. The highest BCUT2D eigenvalue weighted by molar-refractivity contribution is 5.75. The molecule has 0 amide bonds. The molecule has 0 atom stereocenters. The van der Waals surface area contributed by atoms with Crippen molar-refractivity contribution in [3.8, 4) is 5.75 Å². The van der Waals surface area contributed by atoms with Crippen molar-refractivity contribution < 1.29 is 4.74 Å². The van der Waals surface area contributed by atoms with Crippen molar-refractivity contribution >= 4 is 5.96 Å². The second kappa shape index (κ2) is 6.39. The molecule has 4 N–H and O–H groups in total. The molecular weight excluding hydrogens is 240 g/mol. The zero-order valence-corrected chi connectivity index (χ0v) is 10.5. The third-order valence-corrected chi connectivity index (χ3v) is 2.50. The van der Waals surface area contributed by atoms with E-state index in [1.807, 2.05) is 36.4 Å². The van der Waals surface area contributed by atoms with E-state index in [9.17, 15) is 0 Å². The molecule has 0 radical (unpaired) electrons. The first-order valence-electron chi connectivity index (χ1n) is 5.90. The van der Waals surface area contributed by atoms with Crippen LogP contribution in [0.4, 0.5) is 0 Å². The van der Waals surface area contributed by atoms with E-state index in [0.717, 1.165) is 16.9 Å². The van der Waals surface area contributed by atoms with E-state index < -0.39 is 0 Å². The monoisotopic (exact) mass is 256 g/mol. The van der Waals surface area contributed by atoms with Gasteiger partial charge in [-0.15, -0.1) is 0 Å². The van der Waals surface area contributed by atoms with Gasteiger partial charge < -0.3 is 16.2 Å². The largest absolute Gasteiger partial charge is 0.489 e. The number of nitrogens with two attached hydrogens (primary N) is 2. The number of aromatic nitrogens is 1. The normalized spacial score (nSPS) is 9.89. The molecule has 1 aromatic carbocycles. The summed E-state index contributed by atoms with van der Waals surface area (Å²) in [5, 5.41) is 0. The fourth-order valence-electron chi connectivity index (χ4n) is 1.52. The van der Waals surface area contributed by atoms with Crippen molar-refractivity contribution in [1.82, 2.24) is 4.98 Å². The van der Waals surface area contributed by atoms with Gasteiger partial charge in [-0.3, -0.25) is 4.98 Å². The molecule has 5 heteroatoms. The molecule has 0 bridgehead atoms. The average Bonchev–Trinajstić information content (AvgIpc) is 2.45. The lowest BCUT2D eigenvalue weighted by atomic mass is 10.2. The maximum absolute atomic E-state index is 5.65. The highest BCUT2D eigenvalue weighted by atomic mass is 16.5. The number of aliphatic imine (C=N–C) groups is 1. The maximum Gasteiger partial charge on any atom is 0.186 e. The summed E-state index contributed by atoms with van der Waals surface area (Å²) in [5.41, 5.74) is 12.6. The van der Waals surface area contributed by atoms with Crippen molar-refractivity contribution in [3.05, 3.63) is 59.9 Å². The van der Waals surface area contributed by atoms with Crippen molar-refractivity contribution in [2.45, 2.75) is 13.2 Å².